The van der Waals surface area contributed by atoms with E-state index in [1.807, 2.05) is 30.0 Å². The van der Waals surface area contributed by atoms with E-state index in [0.717, 1.165) is 5.56 Å². The number of carbonyl (C=O) groups excluding carboxylic acids is 4. The van der Waals surface area contributed by atoms with Crippen molar-refractivity contribution in [2.45, 2.75) is 26.3 Å². The molecule has 0 spiro atoms. The summed E-state index contributed by atoms with van der Waals surface area (Å²) >= 11 is 0. The van der Waals surface area contributed by atoms with Crippen LogP contribution in [0, 0.1) is 6.92 Å². The maximum absolute atomic E-state index is 13.0. The summed E-state index contributed by atoms with van der Waals surface area (Å²) in [4.78, 5) is 55.0. The monoisotopic (exact) mass is 445 g/mol. The van der Waals surface area contributed by atoms with Gasteiger partial charge in [0.05, 0.1) is 19.6 Å². The quantitative estimate of drug-likeness (QED) is 0.657. The first-order valence-corrected chi connectivity index (χ1v) is 11.0. The van der Waals surface area contributed by atoms with Gasteiger partial charge in [0.15, 0.2) is 0 Å². The third-order valence-electron chi connectivity index (χ3n) is 5.71. The van der Waals surface area contributed by atoms with Gasteiger partial charge in [-0.05, 0) is 25.5 Å². The first-order chi connectivity index (χ1) is 15.4. The van der Waals surface area contributed by atoms with Crippen LogP contribution in [0.3, 0.4) is 0 Å². The largest absolute Gasteiger partial charge is 0.450 e. The molecule has 2 fully saturated rings. The Morgan fingerprint density at radius 1 is 1.12 bits per heavy atom. The van der Waals surface area contributed by atoms with Crippen molar-refractivity contribution in [3.05, 3.63) is 29.8 Å². The van der Waals surface area contributed by atoms with E-state index in [9.17, 15) is 19.2 Å². The molecular formula is C22H31N5O5. The Morgan fingerprint density at radius 2 is 1.84 bits per heavy atom. The van der Waals surface area contributed by atoms with Crippen LogP contribution in [0.2, 0.25) is 0 Å². The highest BCUT2D eigenvalue weighted by molar-refractivity contribution is 5.98. The van der Waals surface area contributed by atoms with Crippen LogP contribution in [-0.2, 0) is 19.1 Å². The molecule has 2 saturated heterocycles. The lowest BCUT2D eigenvalue weighted by Gasteiger charge is -2.38. The zero-order valence-electron chi connectivity index (χ0n) is 18.6. The molecule has 10 heteroatoms. The number of hydrogen-bond donors (Lipinski definition) is 2. The van der Waals surface area contributed by atoms with E-state index < -0.39 is 6.04 Å². The van der Waals surface area contributed by atoms with Crippen LogP contribution in [0.15, 0.2) is 24.3 Å². The van der Waals surface area contributed by atoms with Crippen molar-refractivity contribution in [3.8, 4) is 0 Å². The molecule has 2 aliphatic heterocycles. The fourth-order valence-corrected chi connectivity index (χ4v) is 3.89. The third-order valence-corrected chi connectivity index (χ3v) is 5.71. The predicted octanol–water partition coefficient (Wildman–Crippen LogP) is 0.425. The summed E-state index contributed by atoms with van der Waals surface area (Å²) in [5, 5.41) is 5.57. The highest BCUT2D eigenvalue weighted by Gasteiger charge is 2.35. The Bertz CT molecular complexity index is 853. The summed E-state index contributed by atoms with van der Waals surface area (Å²) in [6.07, 6.45) is -0.450. The average Bonchev–Trinajstić information content (AvgIpc) is 2.77. The minimum Gasteiger partial charge on any atom is -0.450 e. The summed E-state index contributed by atoms with van der Waals surface area (Å²) in [7, 11) is 0. The van der Waals surface area contributed by atoms with Crippen molar-refractivity contribution >= 4 is 29.5 Å². The van der Waals surface area contributed by atoms with E-state index in [-0.39, 0.29) is 36.8 Å². The molecule has 0 aliphatic carbocycles. The zero-order valence-corrected chi connectivity index (χ0v) is 18.6. The minimum atomic E-state index is -0.846. The summed E-state index contributed by atoms with van der Waals surface area (Å²) < 4.78 is 5.02. The van der Waals surface area contributed by atoms with Crippen LogP contribution in [0.4, 0.5) is 10.5 Å². The van der Waals surface area contributed by atoms with Crippen LogP contribution in [0.1, 0.15) is 18.9 Å². The van der Waals surface area contributed by atoms with Gasteiger partial charge in [0, 0.05) is 45.0 Å². The number of carbonyl (C=O) groups is 4. The van der Waals surface area contributed by atoms with E-state index >= 15 is 0 Å². The van der Waals surface area contributed by atoms with Crippen molar-refractivity contribution in [2.24, 2.45) is 0 Å². The second kappa shape index (κ2) is 10.9. The molecule has 0 radical (unpaired) electrons. The Kier molecular flexibility index (Phi) is 8.04. The number of piperazine rings is 2. The number of aryl methyl sites for hydroxylation is 1. The van der Waals surface area contributed by atoms with E-state index in [0.29, 0.717) is 51.6 Å². The van der Waals surface area contributed by atoms with Gasteiger partial charge in [0.1, 0.15) is 6.04 Å². The summed E-state index contributed by atoms with van der Waals surface area (Å²) in [5.41, 5.74) is 1.61. The maximum Gasteiger partial charge on any atom is 0.409 e. The van der Waals surface area contributed by atoms with E-state index in [1.54, 1.807) is 17.9 Å². The van der Waals surface area contributed by atoms with Crippen LogP contribution < -0.4 is 10.6 Å². The molecule has 0 bridgehead atoms. The third kappa shape index (κ3) is 5.97. The van der Waals surface area contributed by atoms with E-state index in [2.05, 4.69) is 10.6 Å². The van der Waals surface area contributed by atoms with Gasteiger partial charge in [-0.15, -0.1) is 0 Å². The molecule has 1 aromatic carbocycles. The van der Waals surface area contributed by atoms with Crippen LogP contribution in [0.25, 0.3) is 0 Å². The molecule has 1 atom stereocenters. The Labute approximate surface area is 187 Å². The second-order valence-electron chi connectivity index (χ2n) is 7.92. The molecule has 2 aliphatic rings. The number of hydrogen-bond acceptors (Lipinski definition) is 6. The first-order valence-electron chi connectivity index (χ1n) is 11.0. The van der Waals surface area contributed by atoms with Crippen molar-refractivity contribution in [3.63, 3.8) is 0 Å². The summed E-state index contributed by atoms with van der Waals surface area (Å²) in [6, 6.07) is 6.55. The van der Waals surface area contributed by atoms with E-state index in [1.165, 1.54) is 4.90 Å². The number of benzene rings is 1. The SMILES string of the molecule is CCOC(=O)N1CCN(CC(=O)N2CCNC(=O)[C@@H]2CC(=O)Nc2ccccc2C)CC1. The predicted molar refractivity (Wildman–Crippen MR) is 118 cm³/mol. The molecule has 0 saturated carbocycles. The molecular weight excluding hydrogens is 414 g/mol. The number of nitrogens with zero attached hydrogens (tertiary/aromatic N) is 3. The topological polar surface area (TPSA) is 111 Å². The van der Waals surface area contributed by atoms with Crippen LogP contribution >= 0.6 is 0 Å². The normalized spacial score (nSPS) is 19.3. The second-order valence-corrected chi connectivity index (χ2v) is 7.92. The van der Waals surface area contributed by atoms with Gasteiger partial charge in [-0.3, -0.25) is 19.3 Å². The highest BCUT2D eigenvalue weighted by Crippen LogP contribution is 2.16. The molecule has 2 N–H and O–H groups in total. The maximum atomic E-state index is 13.0. The van der Waals surface area contributed by atoms with Gasteiger partial charge >= 0.3 is 6.09 Å². The number of para-hydroxylation sites is 1. The van der Waals surface area contributed by atoms with Gasteiger partial charge in [-0.1, -0.05) is 18.2 Å². The Morgan fingerprint density at radius 3 is 2.53 bits per heavy atom. The van der Waals surface area contributed by atoms with Gasteiger partial charge in [-0.2, -0.15) is 0 Å². The van der Waals surface area contributed by atoms with Crippen molar-refractivity contribution in [1.82, 2.24) is 20.0 Å². The molecule has 32 heavy (non-hydrogen) atoms. The summed E-state index contributed by atoms with van der Waals surface area (Å²) in [6.45, 7) is 6.88. The first kappa shape index (κ1) is 23.5. The smallest absolute Gasteiger partial charge is 0.409 e. The molecule has 2 heterocycles. The lowest BCUT2D eigenvalue weighted by atomic mass is 10.1. The molecule has 10 nitrogen and oxygen atoms in total. The lowest BCUT2D eigenvalue weighted by Crippen LogP contribution is -2.60. The summed E-state index contributed by atoms with van der Waals surface area (Å²) in [5.74, 6) is -0.836. The van der Waals surface area contributed by atoms with Gasteiger partial charge < -0.3 is 25.2 Å². The number of amides is 4. The van der Waals surface area contributed by atoms with Crippen molar-refractivity contribution < 1.29 is 23.9 Å². The van der Waals surface area contributed by atoms with Gasteiger partial charge in [0.2, 0.25) is 17.7 Å². The highest BCUT2D eigenvalue weighted by atomic mass is 16.6. The molecule has 3 rings (SSSR count). The van der Waals surface area contributed by atoms with Crippen LogP contribution in [0.5, 0.6) is 0 Å². The molecule has 0 unspecified atom stereocenters. The molecule has 174 valence electrons. The standard InChI is InChI=1S/C22H31N5O5/c1-3-32-22(31)26-12-10-25(11-13-26)15-20(29)27-9-8-23-21(30)18(27)14-19(28)24-17-7-5-4-6-16(17)2/h4-7,18H,3,8-15H2,1-2H3,(H,23,30)(H,24,28)/t18-/m0/s1. The fraction of sp³-hybridized carbons (Fsp3) is 0.545. The molecule has 0 aromatic heterocycles. The number of nitrogens with one attached hydrogen (secondary N) is 2. The van der Waals surface area contributed by atoms with Gasteiger partial charge in [0.25, 0.3) is 0 Å². The van der Waals surface area contributed by atoms with Crippen molar-refractivity contribution in [2.75, 3.05) is 57.7 Å². The average molecular weight is 446 g/mol. The Balaban J connectivity index is 1.56. The lowest BCUT2D eigenvalue weighted by molar-refractivity contribution is -0.145. The Hall–Kier alpha value is -3.14. The van der Waals surface area contributed by atoms with Crippen LogP contribution in [-0.4, -0.2) is 97.0 Å². The van der Waals surface area contributed by atoms with Gasteiger partial charge in [-0.25, -0.2) is 4.79 Å². The minimum absolute atomic E-state index is 0.109. The number of anilines is 1. The van der Waals surface area contributed by atoms with Crippen molar-refractivity contribution in [1.29, 1.82) is 0 Å². The fourth-order valence-electron chi connectivity index (χ4n) is 3.89. The number of ether oxygens (including phenoxy) is 1. The zero-order chi connectivity index (χ0) is 23.1. The molecule has 1 aromatic rings. The number of rotatable bonds is 6. The van der Waals surface area contributed by atoms with E-state index in [4.69, 9.17) is 4.74 Å². The molecule has 4 amide bonds.